The first kappa shape index (κ1) is 16.2. The Morgan fingerprint density at radius 2 is 0.739 bits per heavy atom. The molecular weight excluding hydrogens is 300 g/mol. The topological polar surface area (TPSA) is 150 Å². The summed E-state index contributed by atoms with van der Waals surface area (Å²) in [5.74, 6) is 2.67. The van der Waals surface area contributed by atoms with Crippen molar-refractivity contribution in [2.45, 2.75) is 0 Å². The summed E-state index contributed by atoms with van der Waals surface area (Å²) in [5, 5.41) is 17.5. The lowest BCUT2D eigenvalue weighted by Crippen LogP contribution is -2.18. The van der Waals surface area contributed by atoms with Crippen LogP contribution in [0.5, 0.6) is 0 Å². The molecular formula is C11H20N12. The Balaban J connectivity index is 2.02. The number of aromatic nitrogens is 6. The van der Waals surface area contributed by atoms with Gasteiger partial charge in [-0.05, 0) is 0 Å². The van der Waals surface area contributed by atoms with Crippen LogP contribution in [0.25, 0.3) is 0 Å². The van der Waals surface area contributed by atoms with Crippen molar-refractivity contribution >= 4 is 35.7 Å². The fourth-order valence-corrected chi connectivity index (χ4v) is 1.56. The maximum absolute atomic E-state index is 4.20. The summed E-state index contributed by atoms with van der Waals surface area (Å²) in [6.07, 6.45) is 0. The van der Waals surface area contributed by atoms with Gasteiger partial charge < -0.3 is 31.9 Å². The van der Waals surface area contributed by atoms with Gasteiger partial charge in [-0.25, -0.2) is 0 Å². The van der Waals surface area contributed by atoms with Gasteiger partial charge in [0.25, 0.3) is 0 Å². The van der Waals surface area contributed by atoms with Gasteiger partial charge in [-0.2, -0.15) is 29.9 Å². The molecule has 23 heavy (non-hydrogen) atoms. The van der Waals surface area contributed by atoms with Gasteiger partial charge in [0.15, 0.2) is 0 Å². The third kappa shape index (κ3) is 4.39. The number of rotatable bonds is 8. The maximum atomic E-state index is 4.20. The molecule has 0 unspecified atom stereocenters. The molecule has 6 N–H and O–H groups in total. The van der Waals surface area contributed by atoms with E-state index in [4.69, 9.17) is 0 Å². The molecule has 0 amide bonds. The Labute approximate surface area is 133 Å². The molecule has 12 nitrogen and oxygen atoms in total. The summed E-state index contributed by atoms with van der Waals surface area (Å²) in [7, 11) is 6.95. The molecule has 0 spiro atoms. The highest BCUT2D eigenvalue weighted by Gasteiger charge is 2.06. The molecule has 2 rings (SSSR count). The van der Waals surface area contributed by atoms with Crippen molar-refractivity contribution in [1.29, 1.82) is 0 Å². The Morgan fingerprint density at radius 3 is 1.00 bits per heavy atom. The van der Waals surface area contributed by atoms with Crippen LogP contribution in [-0.2, 0) is 0 Å². The number of nitrogens with one attached hydrogen (secondary N) is 6. The monoisotopic (exact) mass is 320 g/mol. The molecule has 124 valence electrons. The number of anilines is 6. The molecule has 2 aromatic heterocycles. The van der Waals surface area contributed by atoms with Crippen LogP contribution >= 0.6 is 0 Å². The highest BCUT2D eigenvalue weighted by atomic mass is 15.3. The molecule has 0 bridgehead atoms. The smallest absolute Gasteiger partial charge is 0.230 e. The Kier molecular flexibility index (Phi) is 5.44. The van der Waals surface area contributed by atoms with Crippen LogP contribution in [0.15, 0.2) is 0 Å². The molecule has 0 saturated carbocycles. The summed E-state index contributed by atoms with van der Waals surface area (Å²) < 4.78 is 0. The zero-order valence-electron chi connectivity index (χ0n) is 13.4. The van der Waals surface area contributed by atoms with Crippen LogP contribution in [0.3, 0.4) is 0 Å². The highest BCUT2D eigenvalue weighted by Crippen LogP contribution is 2.09. The van der Waals surface area contributed by atoms with Crippen molar-refractivity contribution in [2.24, 2.45) is 0 Å². The van der Waals surface area contributed by atoms with Gasteiger partial charge >= 0.3 is 0 Å². The Morgan fingerprint density at radius 1 is 0.478 bits per heavy atom. The van der Waals surface area contributed by atoms with Crippen molar-refractivity contribution < 1.29 is 0 Å². The van der Waals surface area contributed by atoms with Crippen LogP contribution in [0.2, 0.25) is 0 Å². The lowest BCUT2D eigenvalue weighted by atomic mass is 10.7. The Bertz CT molecular complexity index is 545. The van der Waals surface area contributed by atoms with Crippen LogP contribution < -0.4 is 31.9 Å². The molecule has 0 saturated heterocycles. The summed E-state index contributed by atoms with van der Waals surface area (Å²) >= 11 is 0. The van der Waals surface area contributed by atoms with Crippen molar-refractivity contribution in [2.75, 3.05) is 66.8 Å². The van der Waals surface area contributed by atoms with E-state index in [-0.39, 0.29) is 0 Å². The molecule has 0 atom stereocenters. The normalized spacial score (nSPS) is 9.91. The molecule has 0 radical (unpaired) electrons. The van der Waals surface area contributed by atoms with Crippen LogP contribution in [0.4, 0.5) is 35.7 Å². The molecule has 0 aliphatic carbocycles. The molecule has 2 aromatic rings. The second-order valence-corrected chi connectivity index (χ2v) is 4.14. The SMILES string of the molecule is CNc1nc(NC)nc(NCNc2nc(NC)nc(NC)n2)n1. The minimum Gasteiger partial charge on any atom is -0.357 e. The summed E-state index contributed by atoms with van der Waals surface area (Å²) in [6, 6.07) is 0. The maximum Gasteiger partial charge on any atom is 0.230 e. The summed E-state index contributed by atoms with van der Waals surface area (Å²) in [5.41, 5.74) is 0. The van der Waals surface area contributed by atoms with Gasteiger partial charge in [0.2, 0.25) is 35.7 Å². The number of nitrogens with zero attached hydrogens (tertiary/aromatic N) is 6. The van der Waals surface area contributed by atoms with Crippen LogP contribution in [0, 0.1) is 0 Å². The van der Waals surface area contributed by atoms with E-state index in [1.165, 1.54) is 0 Å². The predicted octanol–water partition coefficient (Wildman–Crippen LogP) is -0.295. The van der Waals surface area contributed by atoms with E-state index in [1.807, 2.05) is 0 Å². The van der Waals surface area contributed by atoms with E-state index in [0.29, 0.717) is 42.4 Å². The third-order valence-corrected chi connectivity index (χ3v) is 2.66. The number of hydrogen-bond acceptors (Lipinski definition) is 12. The predicted molar refractivity (Wildman–Crippen MR) is 90.0 cm³/mol. The summed E-state index contributed by atoms with van der Waals surface area (Å²) in [4.78, 5) is 25.0. The van der Waals surface area contributed by atoms with Crippen molar-refractivity contribution in [1.82, 2.24) is 29.9 Å². The highest BCUT2D eigenvalue weighted by molar-refractivity contribution is 5.44. The largest absolute Gasteiger partial charge is 0.357 e. The fraction of sp³-hybridized carbons (Fsp3) is 0.455. The second-order valence-electron chi connectivity index (χ2n) is 4.14. The molecule has 0 aliphatic rings. The number of hydrogen-bond donors (Lipinski definition) is 6. The van der Waals surface area contributed by atoms with E-state index in [2.05, 4.69) is 61.8 Å². The molecule has 0 aliphatic heterocycles. The third-order valence-electron chi connectivity index (χ3n) is 2.66. The van der Waals surface area contributed by atoms with E-state index < -0.39 is 0 Å². The zero-order chi connectivity index (χ0) is 16.7. The first-order chi connectivity index (χ1) is 11.2. The fourth-order valence-electron chi connectivity index (χ4n) is 1.56. The van der Waals surface area contributed by atoms with Crippen molar-refractivity contribution in [3.63, 3.8) is 0 Å². The molecule has 0 aromatic carbocycles. The van der Waals surface area contributed by atoms with Crippen molar-refractivity contribution in [3.05, 3.63) is 0 Å². The zero-order valence-corrected chi connectivity index (χ0v) is 13.4. The molecule has 12 heteroatoms. The molecule has 0 fully saturated rings. The first-order valence-corrected chi connectivity index (χ1v) is 6.89. The van der Waals surface area contributed by atoms with Crippen molar-refractivity contribution in [3.8, 4) is 0 Å². The van der Waals surface area contributed by atoms with Gasteiger partial charge in [0.1, 0.15) is 0 Å². The molecule has 2 heterocycles. The van der Waals surface area contributed by atoms with E-state index in [9.17, 15) is 0 Å². The summed E-state index contributed by atoms with van der Waals surface area (Å²) in [6.45, 7) is 0.326. The van der Waals surface area contributed by atoms with Crippen LogP contribution in [-0.4, -0.2) is 64.8 Å². The first-order valence-electron chi connectivity index (χ1n) is 6.89. The van der Waals surface area contributed by atoms with Gasteiger partial charge in [0.05, 0.1) is 6.67 Å². The minimum absolute atomic E-state index is 0.326. The lowest BCUT2D eigenvalue weighted by Gasteiger charge is -2.10. The average Bonchev–Trinajstić information content (AvgIpc) is 2.60. The van der Waals surface area contributed by atoms with E-state index in [1.54, 1.807) is 28.2 Å². The van der Waals surface area contributed by atoms with Gasteiger partial charge in [-0.3, -0.25) is 0 Å². The van der Waals surface area contributed by atoms with E-state index in [0.717, 1.165) is 0 Å². The Hall–Kier alpha value is -3.18. The lowest BCUT2D eigenvalue weighted by molar-refractivity contribution is 0.993. The van der Waals surface area contributed by atoms with Gasteiger partial charge in [-0.1, -0.05) is 0 Å². The standard InChI is InChI=1S/C11H20N12/c1-12-6-18-7(13-2)21-10(20-6)16-5-17-11-22-8(14-3)19-9(15-4)23-11/h5H2,1-4H3,(H3,12,13,16,18,20,21)(H3,14,15,17,19,22,23). The quantitative estimate of drug-likeness (QED) is 0.354. The van der Waals surface area contributed by atoms with Gasteiger partial charge in [-0.15, -0.1) is 0 Å². The van der Waals surface area contributed by atoms with Crippen LogP contribution in [0.1, 0.15) is 0 Å². The van der Waals surface area contributed by atoms with Gasteiger partial charge in [0, 0.05) is 28.2 Å². The van der Waals surface area contributed by atoms with E-state index >= 15 is 0 Å². The second kappa shape index (κ2) is 7.72. The minimum atomic E-state index is 0.326. The average molecular weight is 320 g/mol.